The highest BCUT2D eigenvalue weighted by Gasteiger charge is 2.15. The molecule has 0 radical (unpaired) electrons. The molecule has 0 amide bonds. The molecule has 0 aliphatic carbocycles. The smallest absolute Gasteiger partial charge is 0.303 e. The van der Waals surface area contributed by atoms with Crippen LogP contribution in [0.2, 0.25) is 0 Å². The Morgan fingerprint density at radius 2 is 1.74 bits per heavy atom. The summed E-state index contributed by atoms with van der Waals surface area (Å²) >= 11 is 3.18. The van der Waals surface area contributed by atoms with E-state index in [2.05, 4.69) is 20.7 Å². The number of carboxylic acids is 1. The van der Waals surface area contributed by atoms with Crippen LogP contribution < -0.4 is 4.72 Å². The van der Waals surface area contributed by atoms with Crippen molar-refractivity contribution in [3.05, 3.63) is 28.7 Å². The predicted molar refractivity (Wildman–Crippen MR) is 71.2 cm³/mol. The lowest BCUT2D eigenvalue weighted by Crippen LogP contribution is -2.29. The highest BCUT2D eigenvalue weighted by atomic mass is 79.9. The third-order valence-electron chi connectivity index (χ3n) is 2.20. The van der Waals surface area contributed by atoms with Crippen LogP contribution in [-0.4, -0.2) is 31.8 Å². The van der Waals surface area contributed by atoms with Crippen LogP contribution in [0.15, 0.2) is 33.6 Å². The van der Waals surface area contributed by atoms with Crippen LogP contribution in [0.1, 0.15) is 12.8 Å². The van der Waals surface area contributed by atoms with Gasteiger partial charge in [0.1, 0.15) is 5.78 Å². The van der Waals surface area contributed by atoms with E-state index in [9.17, 15) is 18.0 Å². The van der Waals surface area contributed by atoms with Crippen molar-refractivity contribution in [3.63, 3.8) is 0 Å². The van der Waals surface area contributed by atoms with E-state index in [-0.39, 0.29) is 17.7 Å². The van der Waals surface area contributed by atoms with Gasteiger partial charge in [0.05, 0.1) is 17.9 Å². The maximum absolute atomic E-state index is 11.8. The zero-order chi connectivity index (χ0) is 14.5. The van der Waals surface area contributed by atoms with Crippen molar-refractivity contribution in [1.29, 1.82) is 0 Å². The van der Waals surface area contributed by atoms with E-state index in [1.807, 2.05) is 0 Å². The van der Waals surface area contributed by atoms with Gasteiger partial charge in [0.15, 0.2) is 0 Å². The van der Waals surface area contributed by atoms with Crippen molar-refractivity contribution in [2.24, 2.45) is 0 Å². The van der Waals surface area contributed by atoms with Gasteiger partial charge in [-0.1, -0.05) is 15.9 Å². The number of carboxylic acid groups (broad SMARTS) is 1. The van der Waals surface area contributed by atoms with Gasteiger partial charge in [-0.25, -0.2) is 13.1 Å². The largest absolute Gasteiger partial charge is 0.481 e. The zero-order valence-electron chi connectivity index (χ0n) is 9.80. The number of sulfonamides is 1. The van der Waals surface area contributed by atoms with Gasteiger partial charge in [-0.05, 0) is 24.3 Å². The summed E-state index contributed by atoms with van der Waals surface area (Å²) in [5.41, 5.74) is 0. The van der Waals surface area contributed by atoms with E-state index in [1.165, 1.54) is 12.1 Å². The average molecular weight is 350 g/mol. The molecule has 0 aliphatic heterocycles. The van der Waals surface area contributed by atoms with Crippen LogP contribution in [0, 0.1) is 0 Å². The van der Waals surface area contributed by atoms with E-state index in [1.54, 1.807) is 12.1 Å². The number of Topliss-reactive ketones (excluding diaryl/α,β-unsaturated/α-hetero) is 1. The fraction of sp³-hybridized carbons (Fsp3) is 0.273. The van der Waals surface area contributed by atoms with Crippen molar-refractivity contribution in [3.8, 4) is 0 Å². The predicted octanol–water partition coefficient (Wildman–Crippen LogP) is 1.16. The van der Waals surface area contributed by atoms with Gasteiger partial charge in [0.2, 0.25) is 10.0 Å². The SMILES string of the molecule is O=C(O)CCC(=O)CNS(=O)(=O)c1ccc(Br)cc1. The van der Waals surface area contributed by atoms with Crippen molar-refractivity contribution >= 4 is 37.7 Å². The second-order valence-electron chi connectivity index (χ2n) is 3.71. The first kappa shape index (κ1) is 15.8. The van der Waals surface area contributed by atoms with Crippen LogP contribution in [0.3, 0.4) is 0 Å². The van der Waals surface area contributed by atoms with Crippen molar-refractivity contribution < 1.29 is 23.1 Å². The summed E-state index contributed by atoms with van der Waals surface area (Å²) in [6, 6.07) is 5.93. The molecule has 0 aromatic heterocycles. The van der Waals surface area contributed by atoms with Gasteiger partial charge >= 0.3 is 5.97 Å². The Morgan fingerprint density at radius 1 is 1.16 bits per heavy atom. The number of hydrogen-bond acceptors (Lipinski definition) is 4. The molecule has 8 heteroatoms. The maximum atomic E-state index is 11.8. The minimum absolute atomic E-state index is 0.0433. The molecule has 1 aromatic rings. The molecule has 0 saturated heterocycles. The van der Waals surface area contributed by atoms with E-state index in [0.717, 1.165) is 4.47 Å². The summed E-state index contributed by atoms with van der Waals surface area (Å²) in [4.78, 5) is 21.6. The number of nitrogens with one attached hydrogen (secondary N) is 1. The number of halogens is 1. The fourth-order valence-corrected chi connectivity index (χ4v) is 2.48. The summed E-state index contributed by atoms with van der Waals surface area (Å²) in [6.07, 6.45) is -0.503. The number of rotatable bonds is 7. The zero-order valence-corrected chi connectivity index (χ0v) is 12.2. The molecule has 19 heavy (non-hydrogen) atoms. The minimum atomic E-state index is -3.75. The van der Waals surface area contributed by atoms with Crippen molar-refractivity contribution in [1.82, 2.24) is 4.72 Å². The van der Waals surface area contributed by atoms with Crippen LogP contribution in [0.4, 0.5) is 0 Å². The molecule has 0 spiro atoms. The van der Waals surface area contributed by atoms with Crippen LogP contribution >= 0.6 is 15.9 Å². The van der Waals surface area contributed by atoms with Gasteiger partial charge in [-0.15, -0.1) is 0 Å². The number of carbonyl (C=O) groups is 2. The summed E-state index contributed by atoms with van der Waals surface area (Å²) in [7, 11) is -3.75. The van der Waals surface area contributed by atoms with Crippen molar-refractivity contribution in [2.45, 2.75) is 17.7 Å². The molecule has 0 saturated carbocycles. The number of hydrogen-bond donors (Lipinski definition) is 2. The molecule has 0 unspecified atom stereocenters. The number of carbonyl (C=O) groups excluding carboxylic acids is 1. The minimum Gasteiger partial charge on any atom is -0.481 e. The lowest BCUT2D eigenvalue weighted by Gasteiger charge is -2.05. The Hall–Kier alpha value is -1.25. The monoisotopic (exact) mass is 349 g/mol. The van der Waals surface area contributed by atoms with Crippen LogP contribution in [0.25, 0.3) is 0 Å². The molecule has 0 atom stereocenters. The van der Waals surface area contributed by atoms with Gasteiger partial charge in [0, 0.05) is 10.9 Å². The molecule has 6 nitrogen and oxygen atoms in total. The molecular weight excluding hydrogens is 338 g/mol. The number of aliphatic carboxylic acids is 1. The summed E-state index contributed by atoms with van der Waals surface area (Å²) in [6.45, 7) is -0.411. The van der Waals surface area contributed by atoms with E-state index < -0.39 is 28.3 Å². The first-order valence-electron chi connectivity index (χ1n) is 5.30. The average Bonchev–Trinajstić information content (AvgIpc) is 2.34. The van der Waals surface area contributed by atoms with Crippen LogP contribution in [0.5, 0.6) is 0 Å². The molecule has 0 heterocycles. The highest BCUT2D eigenvalue weighted by Crippen LogP contribution is 2.14. The lowest BCUT2D eigenvalue weighted by molar-refractivity contribution is -0.138. The number of ketones is 1. The lowest BCUT2D eigenvalue weighted by atomic mass is 10.2. The second kappa shape index (κ2) is 6.78. The first-order chi connectivity index (χ1) is 8.81. The van der Waals surface area contributed by atoms with Gasteiger partial charge < -0.3 is 5.11 Å². The van der Waals surface area contributed by atoms with Gasteiger partial charge in [0.25, 0.3) is 0 Å². The fourth-order valence-electron chi connectivity index (χ4n) is 1.21. The maximum Gasteiger partial charge on any atom is 0.303 e. The van der Waals surface area contributed by atoms with Gasteiger partial charge in [-0.2, -0.15) is 0 Å². The topological polar surface area (TPSA) is 101 Å². The van der Waals surface area contributed by atoms with Gasteiger partial charge in [-0.3, -0.25) is 9.59 Å². The number of benzene rings is 1. The summed E-state index contributed by atoms with van der Waals surface area (Å²) in [5, 5.41) is 8.40. The molecule has 104 valence electrons. The normalized spacial score (nSPS) is 11.2. The summed E-state index contributed by atoms with van der Waals surface area (Å²) in [5.74, 6) is -1.56. The van der Waals surface area contributed by atoms with E-state index >= 15 is 0 Å². The standard InChI is InChI=1S/C11H12BrNO5S/c12-8-1-4-10(5-2-8)19(17,18)13-7-9(14)3-6-11(15)16/h1-2,4-5,13H,3,6-7H2,(H,15,16). The molecular formula is C11H12BrNO5S. The molecule has 1 aromatic carbocycles. The third kappa shape index (κ3) is 5.50. The third-order valence-corrected chi connectivity index (χ3v) is 4.15. The Morgan fingerprint density at radius 3 is 2.26 bits per heavy atom. The van der Waals surface area contributed by atoms with Crippen molar-refractivity contribution in [2.75, 3.05) is 6.54 Å². The van der Waals surface area contributed by atoms with E-state index in [4.69, 9.17) is 5.11 Å². The quantitative estimate of drug-likeness (QED) is 0.769. The Labute approximate surface area is 119 Å². The molecule has 2 N–H and O–H groups in total. The molecule has 1 rings (SSSR count). The molecule has 0 aliphatic rings. The Balaban J connectivity index is 2.58. The molecule has 0 bridgehead atoms. The van der Waals surface area contributed by atoms with Crippen LogP contribution in [-0.2, 0) is 19.6 Å². The Kier molecular flexibility index (Phi) is 5.64. The second-order valence-corrected chi connectivity index (χ2v) is 6.39. The van der Waals surface area contributed by atoms with E-state index in [0.29, 0.717) is 0 Å². The molecule has 0 fully saturated rings. The highest BCUT2D eigenvalue weighted by molar-refractivity contribution is 9.10. The summed E-state index contributed by atoms with van der Waals surface area (Å²) < 4.78 is 26.5. The first-order valence-corrected chi connectivity index (χ1v) is 7.57. The Bertz CT molecular complexity index is 567.